The molecule has 29 heavy (non-hydrogen) atoms. The van der Waals surface area contributed by atoms with E-state index in [0.717, 1.165) is 48.7 Å². The number of carbonyl (C=O) groups excluding carboxylic acids is 2. The summed E-state index contributed by atoms with van der Waals surface area (Å²) in [7, 11) is 0. The summed E-state index contributed by atoms with van der Waals surface area (Å²) in [5.74, 6) is 1.10. The summed E-state index contributed by atoms with van der Waals surface area (Å²) in [4.78, 5) is 34.0. The van der Waals surface area contributed by atoms with E-state index < -0.39 is 0 Å². The van der Waals surface area contributed by atoms with E-state index in [1.807, 2.05) is 52.3 Å². The fourth-order valence-corrected chi connectivity index (χ4v) is 5.13. The first-order valence-corrected chi connectivity index (χ1v) is 11.3. The summed E-state index contributed by atoms with van der Waals surface area (Å²) >= 11 is 1.68. The first kappa shape index (κ1) is 20.0. The normalized spacial score (nSPS) is 21.3. The predicted molar refractivity (Wildman–Crippen MR) is 115 cm³/mol. The van der Waals surface area contributed by atoms with Crippen molar-refractivity contribution in [2.75, 3.05) is 26.2 Å². The van der Waals surface area contributed by atoms with Gasteiger partial charge < -0.3 is 9.80 Å². The van der Waals surface area contributed by atoms with Gasteiger partial charge in [0.15, 0.2) is 0 Å². The Morgan fingerprint density at radius 2 is 1.93 bits per heavy atom. The number of carbonyl (C=O) groups is 2. The summed E-state index contributed by atoms with van der Waals surface area (Å²) in [6.07, 6.45) is 4.44. The zero-order valence-corrected chi connectivity index (χ0v) is 17.7. The lowest BCUT2D eigenvalue weighted by molar-refractivity contribution is -0.135. The molecule has 2 amide bonds. The third kappa shape index (κ3) is 4.17. The number of amides is 2. The van der Waals surface area contributed by atoms with Crippen molar-refractivity contribution in [2.24, 2.45) is 5.41 Å². The second kappa shape index (κ2) is 8.57. The molecule has 0 N–H and O–H groups in total. The number of hydrogen-bond acceptors (Lipinski definition) is 4. The van der Waals surface area contributed by atoms with Gasteiger partial charge in [0.25, 0.3) is 5.91 Å². The van der Waals surface area contributed by atoms with E-state index in [4.69, 9.17) is 0 Å². The molecular weight excluding hydrogens is 382 g/mol. The maximum absolute atomic E-state index is 13.0. The summed E-state index contributed by atoms with van der Waals surface area (Å²) in [5.41, 5.74) is 1.52. The van der Waals surface area contributed by atoms with Gasteiger partial charge in [-0.1, -0.05) is 25.1 Å². The van der Waals surface area contributed by atoms with E-state index in [-0.39, 0.29) is 17.2 Å². The molecule has 1 aromatic heterocycles. The quantitative estimate of drug-likeness (QED) is 0.680. The van der Waals surface area contributed by atoms with Gasteiger partial charge in [0.05, 0.1) is 10.4 Å². The van der Waals surface area contributed by atoms with Crippen molar-refractivity contribution in [1.29, 1.82) is 0 Å². The first-order valence-electron chi connectivity index (χ1n) is 10.3. The van der Waals surface area contributed by atoms with Crippen molar-refractivity contribution in [3.63, 3.8) is 0 Å². The number of rotatable bonds is 6. The minimum absolute atomic E-state index is 0.0348. The standard InChI is InChI=1S/C23H27N3O2S/c1-2-13-25-14-10-23(22(25)28)11-15-26(17-23)21(27)19-8-6-18(7-9-19)16-29-20-5-3-4-12-24-20/h3-9,12H,2,10-11,13-17H2,1H3. The van der Waals surface area contributed by atoms with Crippen LogP contribution in [0.3, 0.4) is 0 Å². The van der Waals surface area contributed by atoms with Gasteiger partial charge in [0.1, 0.15) is 0 Å². The maximum atomic E-state index is 13.0. The Hall–Kier alpha value is -2.34. The van der Waals surface area contributed by atoms with E-state index in [1.165, 1.54) is 0 Å². The summed E-state index contributed by atoms with van der Waals surface area (Å²) in [6.45, 7) is 4.98. The molecular formula is C23H27N3O2S. The average Bonchev–Trinajstić information content (AvgIpc) is 3.33. The fourth-order valence-electron chi connectivity index (χ4n) is 4.32. The van der Waals surface area contributed by atoms with Gasteiger partial charge in [-0.25, -0.2) is 4.98 Å². The van der Waals surface area contributed by atoms with E-state index in [9.17, 15) is 9.59 Å². The van der Waals surface area contributed by atoms with Crippen molar-refractivity contribution < 1.29 is 9.59 Å². The lowest BCUT2D eigenvalue weighted by Crippen LogP contribution is -2.38. The smallest absolute Gasteiger partial charge is 0.253 e. The van der Waals surface area contributed by atoms with Crippen LogP contribution in [-0.2, 0) is 10.5 Å². The first-order chi connectivity index (χ1) is 14.1. The zero-order chi connectivity index (χ0) is 20.3. The largest absolute Gasteiger partial charge is 0.342 e. The maximum Gasteiger partial charge on any atom is 0.253 e. The summed E-state index contributed by atoms with van der Waals surface area (Å²) < 4.78 is 0. The number of likely N-dealkylation sites (tertiary alicyclic amines) is 2. The highest BCUT2D eigenvalue weighted by Crippen LogP contribution is 2.41. The zero-order valence-electron chi connectivity index (χ0n) is 16.8. The molecule has 3 heterocycles. The summed E-state index contributed by atoms with van der Waals surface area (Å²) in [6, 6.07) is 13.7. The molecule has 0 radical (unpaired) electrons. The van der Waals surface area contributed by atoms with Crippen molar-refractivity contribution >= 4 is 23.6 Å². The van der Waals surface area contributed by atoms with E-state index in [1.54, 1.807) is 18.0 Å². The number of pyridine rings is 1. The lowest BCUT2D eigenvalue weighted by Gasteiger charge is -2.23. The average molecular weight is 410 g/mol. The molecule has 1 unspecified atom stereocenters. The van der Waals surface area contributed by atoms with Crippen LogP contribution < -0.4 is 0 Å². The minimum atomic E-state index is -0.343. The van der Waals surface area contributed by atoms with Gasteiger partial charge in [0, 0.05) is 43.7 Å². The number of hydrogen-bond donors (Lipinski definition) is 0. The van der Waals surface area contributed by atoms with Crippen LogP contribution in [0.2, 0.25) is 0 Å². The molecule has 1 atom stereocenters. The Morgan fingerprint density at radius 1 is 1.14 bits per heavy atom. The third-order valence-electron chi connectivity index (χ3n) is 5.96. The van der Waals surface area contributed by atoms with Crippen LogP contribution in [-0.4, -0.2) is 52.8 Å². The second-order valence-corrected chi connectivity index (χ2v) is 8.95. The highest BCUT2D eigenvalue weighted by Gasteiger charge is 2.51. The number of nitrogens with zero attached hydrogens (tertiary/aromatic N) is 3. The van der Waals surface area contributed by atoms with Crippen molar-refractivity contribution in [3.8, 4) is 0 Å². The van der Waals surface area contributed by atoms with Gasteiger partial charge in [-0.2, -0.15) is 0 Å². The molecule has 2 saturated heterocycles. The molecule has 4 rings (SSSR count). The van der Waals surface area contributed by atoms with Crippen LogP contribution in [0.1, 0.15) is 42.1 Å². The molecule has 0 saturated carbocycles. The Kier molecular flexibility index (Phi) is 5.90. The predicted octanol–water partition coefficient (Wildman–Crippen LogP) is 3.85. The summed E-state index contributed by atoms with van der Waals surface area (Å²) in [5, 5.41) is 0.994. The van der Waals surface area contributed by atoms with Crippen molar-refractivity contribution in [3.05, 3.63) is 59.8 Å². The SMILES string of the molecule is CCCN1CCC2(CCN(C(=O)c3ccc(CSc4ccccn4)cc3)C2)C1=O. The Bertz CT molecular complexity index is 871. The van der Waals surface area contributed by atoms with Crippen molar-refractivity contribution in [2.45, 2.75) is 37.0 Å². The lowest BCUT2D eigenvalue weighted by atomic mass is 9.85. The Balaban J connectivity index is 1.36. The van der Waals surface area contributed by atoms with Crippen LogP contribution in [0.4, 0.5) is 0 Å². The number of thioether (sulfide) groups is 1. The molecule has 2 aromatic rings. The highest BCUT2D eigenvalue weighted by atomic mass is 32.2. The number of benzene rings is 1. The van der Waals surface area contributed by atoms with Gasteiger partial charge in [-0.3, -0.25) is 9.59 Å². The second-order valence-electron chi connectivity index (χ2n) is 7.95. The molecule has 1 spiro atoms. The molecule has 1 aromatic carbocycles. The van der Waals surface area contributed by atoms with Crippen LogP contribution in [0.5, 0.6) is 0 Å². The van der Waals surface area contributed by atoms with E-state index in [0.29, 0.717) is 18.7 Å². The van der Waals surface area contributed by atoms with Gasteiger partial charge >= 0.3 is 0 Å². The molecule has 0 aliphatic carbocycles. The van der Waals surface area contributed by atoms with Crippen LogP contribution in [0.25, 0.3) is 0 Å². The molecule has 2 aliphatic rings. The Morgan fingerprint density at radius 3 is 2.66 bits per heavy atom. The molecule has 2 aliphatic heterocycles. The molecule has 6 heteroatoms. The molecule has 152 valence electrons. The third-order valence-corrected chi connectivity index (χ3v) is 6.98. The topological polar surface area (TPSA) is 53.5 Å². The minimum Gasteiger partial charge on any atom is -0.342 e. The van der Waals surface area contributed by atoms with Crippen LogP contribution >= 0.6 is 11.8 Å². The van der Waals surface area contributed by atoms with Gasteiger partial charge in [0.2, 0.25) is 5.91 Å². The highest BCUT2D eigenvalue weighted by molar-refractivity contribution is 7.98. The van der Waals surface area contributed by atoms with Crippen LogP contribution in [0, 0.1) is 5.41 Å². The van der Waals surface area contributed by atoms with E-state index in [2.05, 4.69) is 11.9 Å². The number of aromatic nitrogens is 1. The van der Waals surface area contributed by atoms with Gasteiger partial charge in [-0.05, 0) is 49.1 Å². The molecule has 2 fully saturated rings. The molecule has 0 bridgehead atoms. The van der Waals surface area contributed by atoms with Crippen molar-refractivity contribution in [1.82, 2.24) is 14.8 Å². The van der Waals surface area contributed by atoms with Gasteiger partial charge in [-0.15, -0.1) is 11.8 Å². The van der Waals surface area contributed by atoms with E-state index >= 15 is 0 Å². The monoisotopic (exact) mass is 409 g/mol. The fraction of sp³-hybridized carbons (Fsp3) is 0.435. The van der Waals surface area contributed by atoms with Crippen LogP contribution in [0.15, 0.2) is 53.7 Å². The molecule has 5 nitrogen and oxygen atoms in total. The Labute approximate surface area is 176 Å².